The molecule has 88 valence electrons. The second kappa shape index (κ2) is 6.77. The highest BCUT2D eigenvalue weighted by molar-refractivity contribution is 9.39. The van der Waals surface area contributed by atoms with Gasteiger partial charge >= 0.3 is 5.97 Å². The molecule has 0 atom stereocenters. The van der Waals surface area contributed by atoms with Gasteiger partial charge in [0.15, 0.2) is 0 Å². The molecule has 0 aliphatic rings. The molecule has 1 aromatic carbocycles. The van der Waals surface area contributed by atoms with Crippen LogP contribution in [0.4, 0.5) is 0 Å². The molecule has 0 unspecified atom stereocenters. The number of ether oxygens (including phenoxy) is 1. The molecular weight excluding hydrogens is 404 g/mol. The summed E-state index contributed by atoms with van der Waals surface area (Å²) in [7, 11) is 0. The fourth-order valence-corrected chi connectivity index (χ4v) is 1.65. The van der Waals surface area contributed by atoms with Gasteiger partial charge in [-0.2, -0.15) is 0 Å². The Labute approximate surface area is 120 Å². The van der Waals surface area contributed by atoms with Gasteiger partial charge in [-0.15, -0.1) is 0 Å². The van der Waals surface area contributed by atoms with Crippen LogP contribution in [0, 0.1) is 0 Å². The molecule has 0 saturated heterocycles. The molecule has 0 aliphatic heterocycles. The van der Waals surface area contributed by atoms with E-state index in [4.69, 9.17) is 4.74 Å². The van der Waals surface area contributed by atoms with Gasteiger partial charge in [-0.1, -0.05) is 78.1 Å². The van der Waals surface area contributed by atoms with E-state index in [2.05, 4.69) is 47.8 Å². The van der Waals surface area contributed by atoms with Gasteiger partial charge in [0.05, 0.1) is 0 Å². The predicted molar refractivity (Wildman–Crippen MR) is 75.0 cm³/mol. The van der Waals surface area contributed by atoms with Gasteiger partial charge in [-0.25, -0.2) is 0 Å². The van der Waals surface area contributed by atoms with Crippen LogP contribution in [0.1, 0.15) is 18.4 Å². The molecule has 0 fully saturated rings. The first-order chi connectivity index (χ1) is 7.47. The van der Waals surface area contributed by atoms with Crippen LogP contribution in [-0.2, 0) is 16.1 Å². The zero-order chi connectivity index (χ0) is 12.0. The first-order valence-electron chi connectivity index (χ1n) is 4.74. The Balaban J connectivity index is 2.26. The SMILES string of the molecule is O=C(CCC(Br)(Br)Br)OCc1ccccc1. The quantitative estimate of drug-likeness (QED) is 0.541. The summed E-state index contributed by atoms with van der Waals surface area (Å²) in [6.45, 7) is 0.333. The number of hydrogen-bond acceptors (Lipinski definition) is 2. The minimum Gasteiger partial charge on any atom is -0.461 e. The van der Waals surface area contributed by atoms with Gasteiger partial charge < -0.3 is 4.74 Å². The fourth-order valence-electron chi connectivity index (χ4n) is 1.05. The highest BCUT2D eigenvalue weighted by Gasteiger charge is 2.19. The van der Waals surface area contributed by atoms with Crippen LogP contribution in [0.25, 0.3) is 0 Å². The average Bonchev–Trinajstić information content (AvgIpc) is 2.24. The lowest BCUT2D eigenvalue weighted by molar-refractivity contribution is -0.145. The van der Waals surface area contributed by atoms with Gasteiger partial charge in [0.1, 0.15) is 8.75 Å². The smallest absolute Gasteiger partial charge is 0.306 e. The second-order valence-corrected chi connectivity index (χ2v) is 10.5. The molecule has 0 saturated carbocycles. The number of rotatable bonds is 4. The van der Waals surface area contributed by atoms with Crippen molar-refractivity contribution in [3.63, 3.8) is 0 Å². The summed E-state index contributed by atoms with van der Waals surface area (Å²) in [5, 5.41) is 0. The standard InChI is InChI=1S/C11H11Br3O2/c12-11(13,14)7-6-10(15)16-8-9-4-2-1-3-5-9/h1-5H,6-8H2. The van der Waals surface area contributed by atoms with Crippen LogP contribution >= 0.6 is 47.8 Å². The molecule has 2 nitrogen and oxygen atoms in total. The molecule has 0 amide bonds. The second-order valence-electron chi connectivity index (χ2n) is 3.26. The summed E-state index contributed by atoms with van der Waals surface area (Å²) in [5.74, 6) is -0.202. The van der Waals surface area contributed by atoms with Gasteiger partial charge in [-0.3, -0.25) is 4.79 Å². The van der Waals surface area contributed by atoms with Gasteiger partial charge in [-0.05, 0) is 12.0 Å². The Kier molecular flexibility index (Phi) is 6.00. The normalized spacial score (nSPS) is 11.2. The molecule has 0 bridgehead atoms. The van der Waals surface area contributed by atoms with Crippen molar-refractivity contribution >= 4 is 53.8 Å². The van der Waals surface area contributed by atoms with E-state index in [0.29, 0.717) is 19.4 Å². The van der Waals surface area contributed by atoms with Crippen molar-refractivity contribution < 1.29 is 9.53 Å². The van der Waals surface area contributed by atoms with Crippen molar-refractivity contribution in [1.29, 1.82) is 0 Å². The number of hydrogen-bond donors (Lipinski definition) is 0. The average molecular weight is 415 g/mol. The number of esters is 1. The molecule has 0 aromatic heterocycles. The molecule has 0 N–H and O–H groups in total. The molecule has 16 heavy (non-hydrogen) atoms. The van der Waals surface area contributed by atoms with Crippen molar-refractivity contribution in [2.75, 3.05) is 0 Å². The largest absolute Gasteiger partial charge is 0.461 e. The Bertz CT molecular complexity index is 333. The van der Waals surface area contributed by atoms with Crippen LogP contribution in [-0.4, -0.2) is 8.11 Å². The summed E-state index contributed by atoms with van der Waals surface area (Å²) in [6.07, 6.45) is 0.967. The topological polar surface area (TPSA) is 26.3 Å². The van der Waals surface area contributed by atoms with Crippen LogP contribution in [0.15, 0.2) is 30.3 Å². The minimum atomic E-state index is -0.376. The lowest BCUT2D eigenvalue weighted by Gasteiger charge is -2.11. The van der Waals surface area contributed by atoms with E-state index in [9.17, 15) is 4.79 Å². The third kappa shape index (κ3) is 6.66. The highest BCUT2D eigenvalue weighted by atomic mass is 80.0. The Hall–Kier alpha value is 0.130. The summed E-state index contributed by atoms with van der Waals surface area (Å²) >= 11 is 9.99. The monoisotopic (exact) mass is 412 g/mol. The van der Waals surface area contributed by atoms with Crippen LogP contribution < -0.4 is 0 Å². The maximum atomic E-state index is 11.4. The van der Waals surface area contributed by atoms with E-state index in [-0.39, 0.29) is 8.11 Å². The summed E-state index contributed by atoms with van der Waals surface area (Å²) in [4.78, 5) is 11.4. The van der Waals surface area contributed by atoms with E-state index >= 15 is 0 Å². The Morgan fingerprint density at radius 3 is 2.38 bits per heavy atom. The van der Waals surface area contributed by atoms with E-state index in [1.165, 1.54) is 0 Å². The molecule has 1 aromatic rings. The van der Waals surface area contributed by atoms with Crippen molar-refractivity contribution in [2.45, 2.75) is 21.6 Å². The summed E-state index contributed by atoms with van der Waals surface area (Å²) < 4.78 is 4.75. The molecule has 0 radical (unpaired) electrons. The molecule has 5 heteroatoms. The van der Waals surface area contributed by atoms with Crippen molar-refractivity contribution in [2.24, 2.45) is 0 Å². The number of carbonyl (C=O) groups is 1. The Morgan fingerprint density at radius 1 is 1.19 bits per heavy atom. The lowest BCUT2D eigenvalue weighted by Crippen LogP contribution is -2.09. The maximum Gasteiger partial charge on any atom is 0.306 e. The maximum absolute atomic E-state index is 11.4. The lowest BCUT2D eigenvalue weighted by atomic mass is 10.2. The van der Waals surface area contributed by atoms with E-state index < -0.39 is 0 Å². The fraction of sp³-hybridized carbons (Fsp3) is 0.364. The molecule has 0 spiro atoms. The first-order valence-corrected chi connectivity index (χ1v) is 7.11. The number of halogens is 3. The minimum absolute atomic E-state index is 0.202. The van der Waals surface area contributed by atoms with Gasteiger partial charge in [0.25, 0.3) is 0 Å². The van der Waals surface area contributed by atoms with Crippen molar-refractivity contribution in [3.05, 3.63) is 35.9 Å². The van der Waals surface area contributed by atoms with Gasteiger partial charge in [0, 0.05) is 6.42 Å². The molecule has 0 heterocycles. The van der Waals surface area contributed by atoms with E-state index in [1.807, 2.05) is 30.3 Å². The molecule has 0 aliphatic carbocycles. The van der Waals surface area contributed by atoms with Crippen molar-refractivity contribution in [3.8, 4) is 0 Å². The predicted octanol–water partition coefficient (Wildman–Crippen LogP) is 4.35. The van der Waals surface area contributed by atoms with E-state index in [0.717, 1.165) is 5.56 Å². The van der Waals surface area contributed by atoms with Crippen molar-refractivity contribution in [1.82, 2.24) is 0 Å². The number of benzene rings is 1. The molecule has 1 rings (SSSR count). The summed E-state index contributed by atoms with van der Waals surface area (Å²) in [5.41, 5.74) is 0.999. The van der Waals surface area contributed by atoms with Crippen LogP contribution in [0.2, 0.25) is 0 Å². The van der Waals surface area contributed by atoms with Gasteiger partial charge in [0.2, 0.25) is 0 Å². The molecular formula is C11H11Br3O2. The van der Waals surface area contributed by atoms with E-state index in [1.54, 1.807) is 0 Å². The van der Waals surface area contributed by atoms with Crippen LogP contribution in [0.5, 0.6) is 0 Å². The Morgan fingerprint density at radius 2 is 1.81 bits per heavy atom. The highest BCUT2D eigenvalue weighted by Crippen LogP contribution is 2.38. The zero-order valence-corrected chi connectivity index (χ0v) is 13.2. The third-order valence-electron chi connectivity index (χ3n) is 1.86. The third-order valence-corrected chi connectivity index (χ3v) is 3.04. The summed E-state index contributed by atoms with van der Waals surface area (Å²) in [6, 6.07) is 9.63. The number of carbonyl (C=O) groups excluding carboxylic acids is 1. The van der Waals surface area contributed by atoms with Crippen LogP contribution in [0.3, 0.4) is 0 Å². The zero-order valence-electron chi connectivity index (χ0n) is 8.46. The first kappa shape index (κ1) is 14.2. The number of alkyl halides is 3.